The van der Waals surface area contributed by atoms with Crippen molar-refractivity contribution < 1.29 is 22.8 Å². The molecule has 1 aliphatic rings. The minimum Gasteiger partial charge on any atom is -0.372 e. The van der Waals surface area contributed by atoms with E-state index in [0.717, 1.165) is 50.2 Å². The smallest absolute Gasteiger partial charge is 0.372 e. The summed E-state index contributed by atoms with van der Waals surface area (Å²) in [7, 11) is 0. The molecule has 2 aromatic carbocycles. The number of carbonyl (C=O) groups excluding carboxylic acids is 2. The first kappa shape index (κ1) is 26.4. The molecule has 1 aliphatic heterocycles. The van der Waals surface area contributed by atoms with E-state index >= 15 is 0 Å². The zero-order valence-electron chi connectivity index (χ0n) is 20.6. The molecule has 1 fully saturated rings. The number of anilines is 2. The van der Waals surface area contributed by atoms with E-state index in [0.29, 0.717) is 0 Å². The largest absolute Gasteiger partial charge is 0.417 e. The SMILES string of the molecule is O=C(Nc1ccc(N2CCCCC2)cc1C(=O)c1cnn(-c2ccc(Cl)c(C(F)(F)F)c2)c1)c1ccccn1. The van der Waals surface area contributed by atoms with Crippen LogP contribution in [-0.2, 0) is 6.18 Å². The molecule has 1 N–H and O–H groups in total. The molecule has 39 heavy (non-hydrogen) atoms. The molecule has 5 rings (SSSR count). The van der Waals surface area contributed by atoms with Crippen molar-refractivity contribution in [2.24, 2.45) is 0 Å². The number of ketones is 1. The standard InChI is InChI=1S/C28H23ClF3N5O2/c29-23-9-7-20(15-22(23)28(30,31)32)37-17-18(16-34-37)26(38)21-14-19(36-12-4-1-5-13-36)8-10-24(21)35-27(39)25-6-2-3-11-33-25/h2-3,6-11,14-17H,1,4-5,12-13H2,(H,35,39). The lowest BCUT2D eigenvalue weighted by Crippen LogP contribution is -2.29. The Kier molecular flexibility index (Phi) is 7.38. The number of alkyl halides is 3. The number of rotatable bonds is 6. The third-order valence-electron chi connectivity index (χ3n) is 6.48. The van der Waals surface area contributed by atoms with Crippen molar-refractivity contribution in [3.05, 3.63) is 101 Å². The van der Waals surface area contributed by atoms with Crippen LogP contribution in [0.1, 0.15) is 51.2 Å². The molecule has 2 aromatic heterocycles. The van der Waals surface area contributed by atoms with Gasteiger partial charge in [0, 0.05) is 36.7 Å². The monoisotopic (exact) mass is 553 g/mol. The molecular weight excluding hydrogens is 531 g/mol. The fraction of sp³-hybridized carbons (Fsp3) is 0.214. The van der Waals surface area contributed by atoms with Crippen molar-refractivity contribution >= 4 is 34.7 Å². The highest BCUT2D eigenvalue weighted by atomic mass is 35.5. The van der Waals surface area contributed by atoms with E-state index in [1.165, 1.54) is 29.3 Å². The molecule has 0 bridgehead atoms. The normalized spacial score (nSPS) is 13.8. The molecule has 4 aromatic rings. The number of hydrogen-bond acceptors (Lipinski definition) is 5. The zero-order valence-corrected chi connectivity index (χ0v) is 21.3. The van der Waals surface area contributed by atoms with Crippen LogP contribution in [0, 0.1) is 0 Å². The second-order valence-electron chi connectivity index (χ2n) is 9.11. The predicted octanol–water partition coefficient (Wildman–Crippen LogP) is 6.41. The third-order valence-corrected chi connectivity index (χ3v) is 6.81. The van der Waals surface area contributed by atoms with Gasteiger partial charge in [0.2, 0.25) is 0 Å². The Morgan fingerprint density at radius 2 is 1.72 bits per heavy atom. The van der Waals surface area contributed by atoms with Crippen LogP contribution in [0.5, 0.6) is 0 Å². The molecule has 0 unspecified atom stereocenters. The zero-order chi connectivity index (χ0) is 27.6. The van der Waals surface area contributed by atoms with Crippen LogP contribution >= 0.6 is 11.6 Å². The van der Waals surface area contributed by atoms with Gasteiger partial charge in [-0.3, -0.25) is 14.6 Å². The van der Waals surface area contributed by atoms with Gasteiger partial charge in [0.15, 0.2) is 5.78 Å². The molecule has 0 saturated carbocycles. The summed E-state index contributed by atoms with van der Waals surface area (Å²) >= 11 is 5.74. The molecule has 0 atom stereocenters. The molecule has 200 valence electrons. The molecule has 0 aliphatic carbocycles. The summed E-state index contributed by atoms with van der Waals surface area (Å²) in [6.45, 7) is 1.70. The van der Waals surface area contributed by atoms with E-state index in [-0.39, 0.29) is 28.2 Å². The maximum absolute atomic E-state index is 13.7. The number of nitrogens with zero attached hydrogens (tertiary/aromatic N) is 4. The summed E-state index contributed by atoms with van der Waals surface area (Å²) < 4.78 is 41.2. The van der Waals surface area contributed by atoms with Crippen LogP contribution in [0.2, 0.25) is 5.02 Å². The Morgan fingerprint density at radius 3 is 2.44 bits per heavy atom. The predicted molar refractivity (Wildman–Crippen MR) is 142 cm³/mol. The average molecular weight is 554 g/mol. The van der Waals surface area contributed by atoms with E-state index in [4.69, 9.17) is 11.6 Å². The minimum atomic E-state index is -4.64. The first-order valence-electron chi connectivity index (χ1n) is 12.3. The number of piperidine rings is 1. The Labute approximate surface area is 227 Å². The lowest BCUT2D eigenvalue weighted by molar-refractivity contribution is -0.137. The number of hydrogen-bond donors (Lipinski definition) is 1. The quantitative estimate of drug-likeness (QED) is 0.279. The lowest BCUT2D eigenvalue weighted by Gasteiger charge is -2.29. The Morgan fingerprint density at radius 1 is 0.949 bits per heavy atom. The topological polar surface area (TPSA) is 80.1 Å². The summed E-state index contributed by atoms with van der Waals surface area (Å²) in [5, 5.41) is 6.45. The Hall–Kier alpha value is -4.18. The van der Waals surface area contributed by atoms with Crippen LogP contribution in [0.3, 0.4) is 0 Å². The van der Waals surface area contributed by atoms with Gasteiger partial charge in [-0.15, -0.1) is 0 Å². The van der Waals surface area contributed by atoms with Crippen molar-refractivity contribution in [1.29, 1.82) is 0 Å². The maximum Gasteiger partial charge on any atom is 0.417 e. The molecule has 7 nitrogen and oxygen atoms in total. The van der Waals surface area contributed by atoms with E-state index in [9.17, 15) is 22.8 Å². The summed E-state index contributed by atoms with van der Waals surface area (Å²) in [6.07, 6.45) is 2.70. The van der Waals surface area contributed by atoms with E-state index in [1.54, 1.807) is 30.3 Å². The van der Waals surface area contributed by atoms with Crippen LogP contribution in [-0.4, -0.2) is 39.5 Å². The Balaban J connectivity index is 1.49. The van der Waals surface area contributed by atoms with E-state index < -0.39 is 28.5 Å². The number of carbonyl (C=O) groups is 2. The minimum absolute atomic E-state index is 0.0940. The second-order valence-corrected chi connectivity index (χ2v) is 9.52. The van der Waals surface area contributed by atoms with Gasteiger partial charge in [0.25, 0.3) is 5.91 Å². The number of halogens is 4. The summed E-state index contributed by atoms with van der Waals surface area (Å²) in [5.74, 6) is -0.923. The fourth-order valence-corrected chi connectivity index (χ4v) is 4.70. The van der Waals surface area contributed by atoms with Gasteiger partial charge >= 0.3 is 6.18 Å². The van der Waals surface area contributed by atoms with Gasteiger partial charge in [0.1, 0.15) is 5.69 Å². The lowest BCUT2D eigenvalue weighted by atomic mass is 10.0. The van der Waals surface area contributed by atoms with Crippen molar-refractivity contribution in [2.75, 3.05) is 23.3 Å². The molecule has 11 heteroatoms. The van der Waals surface area contributed by atoms with Crippen LogP contribution in [0.25, 0.3) is 5.69 Å². The highest BCUT2D eigenvalue weighted by Gasteiger charge is 2.33. The second kappa shape index (κ2) is 10.9. The summed E-state index contributed by atoms with van der Waals surface area (Å²) in [4.78, 5) is 32.8. The van der Waals surface area contributed by atoms with Crippen molar-refractivity contribution in [3.63, 3.8) is 0 Å². The number of benzene rings is 2. The van der Waals surface area contributed by atoms with Crippen LogP contribution in [0.15, 0.2) is 73.2 Å². The first-order valence-corrected chi connectivity index (χ1v) is 12.7. The highest BCUT2D eigenvalue weighted by Crippen LogP contribution is 2.36. The van der Waals surface area contributed by atoms with Gasteiger partial charge in [-0.2, -0.15) is 18.3 Å². The number of nitrogens with one attached hydrogen (secondary N) is 1. The number of amides is 1. The van der Waals surface area contributed by atoms with E-state index in [1.807, 2.05) is 6.07 Å². The fourth-order valence-electron chi connectivity index (χ4n) is 4.47. The van der Waals surface area contributed by atoms with Crippen molar-refractivity contribution in [1.82, 2.24) is 14.8 Å². The van der Waals surface area contributed by atoms with Gasteiger partial charge < -0.3 is 10.2 Å². The van der Waals surface area contributed by atoms with Gasteiger partial charge in [-0.1, -0.05) is 17.7 Å². The summed E-state index contributed by atoms with van der Waals surface area (Å²) in [5.41, 5.74) is 0.780. The summed E-state index contributed by atoms with van der Waals surface area (Å²) in [6, 6.07) is 13.6. The maximum atomic E-state index is 13.7. The van der Waals surface area contributed by atoms with E-state index in [2.05, 4.69) is 20.3 Å². The molecule has 1 saturated heterocycles. The third kappa shape index (κ3) is 5.80. The van der Waals surface area contributed by atoms with Crippen molar-refractivity contribution in [3.8, 4) is 5.69 Å². The molecular formula is C28H23ClF3N5O2. The van der Waals surface area contributed by atoms with Gasteiger partial charge in [-0.05, 0) is 67.8 Å². The highest BCUT2D eigenvalue weighted by molar-refractivity contribution is 6.31. The van der Waals surface area contributed by atoms with Crippen LogP contribution in [0.4, 0.5) is 24.5 Å². The molecule has 3 heterocycles. The number of aromatic nitrogens is 3. The first-order chi connectivity index (χ1) is 18.7. The molecule has 0 spiro atoms. The Bertz CT molecular complexity index is 1520. The van der Waals surface area contributed by atoms with Gasteiger partial charge in [0.05, 0.1) is 33.7 Å². The molecule has 1 amide bonds. The average Bonchev–Trinajstić information content (AvgIpc) is 3.44. The van der Waals surface area contributed by atoms with Crippen molar-refractivity contribution in [2.45, 2.75) is 25.4 Å². The van der Waals surface area contributed by atoms with Gasteiger partial charge in [-0.25, -0.2) is 4.68 Å². The van der Waals surface area contributed by atoms with Crippen LogP contribution < -0.4 is 10.2 Å². The molecule has 0 radical (unpaired) electrons. The number of pyridine rings is 1.